The topological polar surface area (TPSA) is 66.4 Å². The number of hydrogen-bond acceptors (Lipinski definition) is 3. The molecule has 0 saturated heterocycles. The average molecular weight is 265 g/mol. The van der Waals surface area contributed by atoms with E-state index in [1.54, 1.807) is 0 Å². The van der Waals surface area contributed by atoms with Gasteiger partial charge >= 0.3 is 0 Å². The second kappa shape index (κ2) is 6.16. The standard InChI is InChI=1S/C12H27NO3S/c1-6-12(7-2,9-14)8-13-17(15,16)10-11(3,4)5/h13-14H,6-10H2,1-5H3. The Morgan fingerprint density at radius 2 is 1.59 bits per heavy atom. The van der Waals surface area contributed by atoms with E-state index in [-0.39, 0.29) is 23.2 Å². The van der Waals surface area contributed by atoms with Crippen molar-refractivity contribution < 1.29 is 13.5 Å². The van der Waals surface area contributed by atoms with Crippen molar-refractivity contribution in [3.05, 3.63) is 0 Å². The lowest BCUT2D eigenvalue weighted by molar-refractivity contribution is 0.119. The summed E-state index contributed by atoms with van der Waals surface area (Å²) in [6.45, 7) is 9.95. The fourth-order valence-corrected chi connectivity index (χ4v) is 3.43. The molecule has 5 heteroatoms. The van der Waals surface area contributed by atoms with E-state index in [1.807, 2.05) is 34.6 Å². The minimum atomic E-state index is -3.26. The molecule has 104 valence electrons. The molecule has 0 radical (unpaired) electrons. The zero-order valence-corrected chi connectivity index (χ0v) is 12.5. The van der Waals surface area contributed by atoms with E-state index in [4.69, 9.17) is 0 Å². The molecular weight excluding hydrogens is 238 g/mol. The number of rotatable bonds is 7. The largest absolute Gasteiger partial charge is 0.396 e. The predicted molar refractivity (Wildman–Crippen MR) is 71.3 cm³/mol. The van der Waals surface area contributed by atoms with E-state index in [1.165, 1.54) is 0 Å². The van der Waals surface area contributed by atoms with Crippen LogP contribution >= 0.6 is 0 Å². The van der Waals surface area contributed by atoms with Crippen molar-refractivity contribution in [2.45, 2.75) is 47.5 Å². The maximum absolute atomic E-state index is 11.8. The second-order valence-corrected chi connectivity index (χ2v) is 7.81. The first-order valence-electron chi connectivity index (χ1n) is 6.18. The molecule has 0 spiro atoms. The van der Waals surface area contributed by atoms with Crippen LogP contribution in [0.4, 0.5) is 0 Å². The van der Waals surface area contributed by atoms with Crippen LogP contribution in [-0.2, 0) is 10.0 Å². The lowest BCUT2D eigenvalue weighted by atomic mass is 9.84. The molecule has 0 heterocycles. The first-order chi connectivity index (χ1) is 7.60. The summed E-state index contributed by atoms with van der Waals surface area (Å²) in [4.78, 5) is 0. The Morgan fingerprint density at radius 3 is 1.88 bits per heavy atom. The summed E-state index contributed by atoms with van der Waals surface area (Å²) in [6.07, 6.45) is 1.52. The first kappa shape index (κ1) is 16.9. The smallest absolute Gasteiger partial charge is 0.212 e. The minimum Gasteiger partial charge on any atom is -0.396 e. The van der Waals surface area contributed by atoms with Gasteiger partial charge in [0.25, 0.3) is 0 Å². The van der Waals surface area contributed by atoms with Crippen molar-refractivity contribution in [3.8, 4) is 0 Å². The van der Waals surface area contributed by atoms with Crippen molar-refractivity contribution in [1.82, 2.24) is 4.72 Å². The van der Waals surface area contributed by atoms with Crippen molar-refractivity contribution in [1.29, 1.82) is 0 Å². The van der Waals surface area contributed by atoms with E-state index in [0.29, 0.717) is 6.54 Å². The van der Waals surface area contributed by atoms with Crippen LogP contribution in [0.3, 0.4) is 0 Å². The molecule has 0 rings (SSSR count). The molecule has 17 heavy (non-hydrogen) atoms. The third kappa shape index (κ3) is 6.38. The first-order valence-corrected chi connectivity index (χ1v) is 7.83. The van der Waals surface area contributed by atoms with Gasteiger partial charge in [-0.2, -0.15) is 0 Å². The van der Waals surface area contributed by atoms with Crippen LogP contribution in [0.25, 0.3) is 0 Å². The van der Waals surface area contributed by atoms with Crippen LogP contribution in [-0.4, -0.2) is 32.4 Å². The quantitative estimate of drug-likeness (QED) is 0.737. The van der Waals surface area contributed by atoms with Crippen LogP contribution in [0.5, 0.6) is 0 Å². The Morgan fingerprint density at radius 1 is 1.12 bits per heavy atom. The van der Waals surface area contributed by atoms with E-state index >= 15 is 0 Å². The van der Waals surface area contributed by atoms with Crippen LogP contribution < -0.4 is 4.72 Å². The van der Waals surface area contributed by atoms with Crippen molar-refractivity contribution in [2.75, 3.05) is 18.9 Å². The molecular formula is C12H27NO3S. The van der Waals surface area contributed by atoms with Crippen LogP contribution in [0.2, 0.25) is 0 Å². The highest BCUT2D eigenvalue weighted by Gasteiger charge is 2.28. The zero-order valence-electron chi connectivity index (χ0n) is 11.7. The average Bonchev–Trinajstić information content (AvgIpc) is 2.17. The van der Waals surface area contributed by atoms with Crippen molar-refractivity contribution >= 4 is 10.0 Å². The summed E-state index contributed by atoms with van der Waals surface area (Å²) >= 11 is 0. The van der Waals surface area contributed by atoms with E-state index < -0.39 is 10.0 Å². The molecule has 2 N–H and O–H groups in total. The van der Waals surface area contributed by atoms with Gasteiger partial charge in [0, 0.05) is 18.6 Å². The molecule has 0 amide bonds. The number of nitrogens with one attached hydrogen (secondary N) is 1. The maximum atomic E-state index is 11.8. The van der Waals surface area contributed by atoms with Gasteiger partial charge in [0.1, 0.15) is 0 Å². The summed E-state index contributed by atoms with van der Waals surface area (Å²) in [5.74, 6) is 0.106. The lowest BCUT2D eigenvalue weighted by Crippen LogP contribution is -2.41. The highest BCUT2D eigenvalue weighted by Crippen LogP contribution is 2.25. The molecule has 0 bridgehead atoms. The highest BCUT2D eigenvalue weighted by molar-refractivity contribution is 7.89. The molecule has 0 atom stereocenters. The van der Waals surface area contributed by atoms with Gasteiger partial charge in [0.2, 0.25) is 10.0 Å². The number of aliphatic hydroxyl groups excluding tert-OH is 1. The fourth-order valence-electron chi connectivity index (χ4n) is 1.66. The van der Waals surface area contributed by atoms with E-state index in [0.717, 1.165) is 12.8 Å². The predicted octanol–water partition coefficient (Wildman–Crippen LogP) is 1.75. The van der Waals surface area contributed by atoms with E-state index in [9.17, 15) is 13.5 Å². The number of sulfonamides is 1. The lowest BCUT2D eigenvalue weighted by Gasteiger charge is -2.30. The van der Waals surface area contributed by atoms with Crippen molar-refractivity contribution in [2.24, 2.45) is 10.8 Å². The third-order valence-electron chi connectivity index (χ3n) is 3.13. The molecule has 0 saturated carbocycles. The fraction of sp³-hybridized carbons (Fsp3) is 1.00. The van der Waals surface area contributed by atoms with Gasteiger partial charge in [-0.3, -0.25) is 0 Å². The summed E-state index contributed by atoms with van der Waals surface area (Å²) in [6, 6.07) is 0. The van der Waals surface area contributed by atoms with Crippen LogP contribution in [0, 0.1) is 10.8 Å². The normalized spacial score (nSPS) is 14.0. The molecule has 0 unspecified atom stereocenters. The van der Waals surface area contributed by atoms with Gasteiger partial charge in [-0.1, -0.05) is 34.6 Å². The zero-order chi connectivity index (χ0) is 13.7. The summed E-state index contributed by atoms with van der Waals surface area (Å²) in [7, 11) is -3.26. The molecule has 0 aromatic carbocycles. The third-order valence-corrected chi connectivity index (χ3v) is 4.96. The molecule has 0 fully saturated rings. The van der Waals surface area contributed by atoms with Gasteiger partial charge in [-0.15, -0.1) is 0 Å². The number of aliphatic hydroxyl groups is 1. The highest BCUT2D eigenvalue weighted by atomic mass is 32.2. The van der Waals surface area contributed by atoms with Gasteiger partial charge in [0.05, 0.1) is 5.75 Å². The van der Waals surface area contributed by atoms with Crippen molar-refractivity contribution in [3.63, 3.8) is 0 Å². The van der Waals surface area contributed by atoms with E-state index in [2.05, 4.69) is 4.72 Å². The molecule has 0 aliphatic carbocycles. The van der Waals surface area contributed by atoms with Gasteiger partial charge in [-0.25, -0.2) is 13.1 Å². The molecule has 0 aromatic rings. The monoisotopic (exact) mass is 265 g/mol. The summed E-state index contributed by atoms with van der Waals surface area (Å²) in [5.41, 5.74) is -0.586. The minimum absolute atomic E-state index is 0.0119. The Hall–Kier alpha value is -0.130. The Kier molecular flexibility index (Phi) is 6.11. The SMILES string of the molecule is CCC(CC)(CO)CNS(=O)(=O)CC(C)(C)C. The molecule has 4 nitrogen and oxygen atoms in total. The summed E-state index contributed by atoms with van der Waals surface area (Å²) < 4.78 is 26.3. The van der Waals surface area contributed by atoms with Crippen LogP contribution in [0.15, 0.2) is 0 Å². The second-order valence-electron chi connectivity index (χ2n) is 6.01. The Labute approximate surface area is 106 Å². The molecule has 0 aliphatic rings. The Balaban J connectivity index is 4.55. The summed E-state index contributed by atoms with van der Waals surface area (Å²) in [5, 5.41) is 9.37. The number of hydrogen-bond donors (Lipinski definition) is 2. The maximum Gasteiger partial charge on any atom is 0.212 e. The van der Waals surface area contributed by atoms with Crippen LogP contribution in [0.1, 0.15) is 47.5 Å². The van der Waals surface area contributed by atoms with Gasteiger partial charge in [-0.05, 0) is 18.3 Å². The Bertz CT molecular complexity index is 305. The molecule has 0 aromatic heterocycles. The van der Waals surface area contributed by atoms with Gasteiger partial charge in [0.15, 0.2) is 0 Å². The molecule has 0 aliphatic heterocycles. The van der Waals surface area contributed by atoms with Gasteiger partial charge < -0.3 is 5.11 Å².